The van der Waals surface area contributed by atoms with E-state index < -0.39 is 43.0 Å². The number of rotatable bonds is 8. The van der Waals surface area contributed by atoms with E-state index >= 15 is 0 Å². The number of halogens is 3. The first-order valence-electron chi connectivity index (χ1n) is 7.16. The van der Waals surface area contributed by atoms with Gasteiger partial charge in [0.25, 0.3) is 5.91 Å². The van der Waals surface area contributed by atoms with Crippen molar-refractivity contribution in [2.45, 2.75) is 18.6 Å². The molecular weight excluding hydrogens is 361 g/mol. The van der Waals surface area contributed by atoms with Crippen LogP contribution in [0.2, 0.25) is 0 Å². The molecule has 8 nitrogen and oxygen atoms in total. The fraction of sp³-hybridized carbons (Fsp3) is 0.400. The summed E-state index contributed by atoms with van der Waals surface area (Å²) in [6.45, 7) is -0.700. The Balaban J connectivity index is 2.66. The fourth-order valence-electron chi connectivity index (χ4n) is 1.92. The Bertz CT molecular complexity index is 678. The van der Waals surface area contributed by atoms with E-state index in [-0.39, 0.29) is 11.3 Å². The van der Waals surface area contributed by atoms with Crippen molar-refractivity contribution in [3.63, 3.8) is 0 Å². The summed E-state index contributed by atoms with van der Waals surface area (Å²) in [7, 11) is 2.77. The number of nitrogens with one attached hydrogen (secondary N) is 2. The Kier molecular flexibility index (Phi) is 7.23. The van der Waals surface area contributed by atoms with E-state index in [4.69, 9.17) is 14.6 Å². The Morgan fingerprint density at radius 2 is 1.77 bits per heavy atom. The van der Waals surface area contributed by atoms with Gasteiger partial charge in [-0.3, -0.25) is 9.59 Å². The van der Waals surface area contributed by atoms with Gasteiger partial charge in [-0.15, -0.1) is 0 Å². The molecule has 1 unspecified atom stereocenters. The summed E-state index contributed by atoms with van der Waals surface area (Å²) >= 11 is 0. The molecule has 144 valence electrons. The summed E-state index contributed by atoms with van der Waals surface area (Å²) in [6, 6.07) is 2.05. The smallest absolute Gasteiger partial charge is 0.391 e. The Labute approximate surface area is 146 Å². The molecule has 1 aromatic carbocycles. The van der Waals surface area contributed by atoms with Gasteiger partial charge in [0.15, 0.2) is 11.5 Å². The minimum absolute atomic E-state index is 0.112. The van der Waals surface area contributed by atoms with Crippen LogP contribution in [0.25, 0.3) is 0 Å². The molecule has 0 saturated carbocycles. The number of ether oxygens (including phenoxy) is 2. The van der Waals surface area contributed by atoms with Crippen molar-refractivity contribution < 1.29 is 42.1 Å². The minimum Gasteiger partial charge on any atom is -0.493 e. The predicted molar refractivity (Wildman–Crippen MR) is 82.1 cm³/mol. The number of carboxylic acids is 1. The highest BCUT2D eigenvalue weighted by Crippen LogP contribution is 2.27. The Morgan fingerprint density at radius 3 is 2.27 bits per heavy atom. The lowest BCUT2D eigenvalue weighted by Crippen LogP contribution is -2.47. The number of carbonyl (C=O) groups is 3. The van der Waals surface area contributed by atoms with Crippen LogP contribution in [-0.4, -0.2) is 55.9 Å². The van der Waals surface area contributed by atoms with Crippen LogP contribution in [0.15, 0.2) is 18.2 Å². The van der Waals surface area contributed by atoms with Crippen LogP contribution in [0.1, 0.15) is 16.8 Å². The summed E-state index contributed by atoms with van der Waals surface area (Å²) in [4.78, 5) is 34.4. The number of hydrogen-bond donors (Lipinski definition) is 3. The molecule has 0 radical (unpaired) electrons. The molecule has 3 N–H and O–H groups in total. The highest BCUT2D eigenvalue weighted by molar-refractivity contribution is 5.97. The van der Waals surface area contributed by atoms with Crippen LogP contribution in [0, 0.1) is 0 Å². The molecule has 0 spiro atoms. The number of aliphatic carboxylic acids is 1. The molecule has 0 saturated heterocycles. The molecule has 1 aromatic rings. The highest BCUT2D eigenvalue weighted by atomic mass is 19.4. The maximum Gasteiger partial charge on any atom is 0.391 e. The number of benzene rings is 1. The summed E-state index contributed by atoms with van der Waals surface area (Å²) in [5, 5.41) is 12.6. The van der Waals surface area contributed by atoms with Gasteiger partial charge in [0, 0.05) is 5.56 Å². The lowest BCUT2D eigenvalue weighted by Gasteiger charge is -2.16. The van der Waals surface area contributed by atoms with Gasteiger partial charge in [0.1, 0.15) is 6.04 Å². The topological polar surface area (TPSA) is 114 Å². The number of methoxy groups -OCH3 is 2. The van der Waals surface area contributed by atoms with E-state index in [0.29, 0.717) is 5.75 Å². The first-order chi connectivity index (χ1) is 12.1. The largest absolute Gasteiger partial charge is 0.493 e. The van der Waals surface area contributed by atoms with Crippen molar-refractivity contribution in [2.75, 3.05) is 20.8 Å². The second-order valence-corrected chi connectivity index (χ2v) is 5.03. The van der Waals surface area contributed by atoms with E-state index in [1.807, 2.05) is 0 Å². The number of alkyl halides is 3. The maximum atomic E-state index is 12.3. The first-order valence-corrected chi connectivity index (χ1v) is 7.16. The first kappa shape index (κ1) is 21.1. The molecule has 11 heteroatoms. The number of carboxylic acid groups (broad SMARTS) is 1. The fourth-order valence-corrected chi connectivity index (χ4v) is 1.92. The highest BCUT2D eigenvalue weighted by Gasteiger charge is 2.36. The van der Waals surface area contributed by atoms with Gasteiger partial charge in [-0.05, 0) is 18.2 Å². The molecule has 26 heavy (non-hydrogen) atoms. The molecule has 0 bridgehead atoms. The SMILES string of the molecule is COc1ccc(C(=O)NCC(=O)NC(CC(F)(F)F)C(=O)O)cc1OC. The van der Waals surface area contributed by atoms with Gasteiger partial charge < -0.3 is 25.2 Å². The van der Waals surface area contributed by atoms with Gasteiger partial charge in [-0.1, -0.05) is 0 Å². The Morgan fingerprint density at radius 1 is 1.15 bits per heavy atom. The summed E-state index contributed by atoms with van der Waals surface area (Å²) < 4.78 is 46.9. The standard InChI is InChI=1S/C15H17F3N2O6/c1-25-10-4-3-8(5-11(10)26-2)13(22)19-7-12(21)20-9(14(23)24)6-15(16,17)18/h3-5,9H,6-7H2,1-2H3,(H,19,22)(H,20,21)(H,23,24). The van der Waals surface area contributed by atoms with Crippen LogP contribution < -0.4 is 20.1 Å². The monoisotopic (exact) mass is 378 g/mol. The van der Waals surface area contributed by atoms with Crippen molar-refractivity contribution in [3.8, 4) is 11.5 Å². The number of amides is 2. The number of carbonyl (C=O) groups excluding carboxylic acids is 2. The molecule has 0 fully saturated rings. The normalized spacial score (nSPS) is 12.0. The summed E-state index contributed by atoms with van der Waals surface area (Å²) in [5.41, 5.74) is 0.112. The molecule has 0 heterocycles. The average molecular weight is 378 g/mol. The van der Waals surface area contributed by atoms with Crippen LogP contribution >= 0.6 is 0 Å². The lowest BCUT2D eigenvalue weighted by atomic mass is 10.2. The minimum atomic E-state index is -4.76. The molecule has 1 rings (SSSR count). The van der Waals surface area contributed by atoms with E-state index in [0.717, 1.165) is 0 Å². The van der Waals surface area contributed by atoms with Crippen molar-refractivity contribution in [1.82, 2.24) is 10.6 Å². The second kappa shape index (κ2) is 8.92. The third-order valence-electron chi connectivity index (χ3n) is 3.12. The van der Waals surface area contributed by atoms with E-state index in [1.165, 1.54) is 32.4 Å². The zero-order valence-corrected chi connectivity index (χ0v) is 13.8. The molecule has 1 atom stereocenters. The molecule has 2 amide bonds. The summed E-state index contributed by atoms with van der Waals surface area (Å²) in [5.74, 6) is -2.97. The molecule has 0 aromatic heterocycles. The quantitative estimate of drug-likeness (QED) is 0.621. The zero-order chi connectivity index (χ0) is 19.9. The van der Waals surface area contributed by atoms with E-state index in [2.05, 4.69) is 5.32 Å². The van der Waals surface area contributed by atoms with Crippen molar-refractivity contribution in [3.05, 3.63) is 23.8 Å². The average Bonchev–Trinajstić information content (AvgIpc) is 2.57. The zero-order valence-electron chi connectivity index (χ0n) is 13.8. The van der Waals surface area contributed by atoms with Crippen LogP contribution in [0.3, 0.4) is 0 Å². The van der Waals surface area contributed by atoms with Gasteiger partial charge in [0.05, 0.1) is 27.2 Å². The Hall–Kier alpha value is -2.98. The van der Waals surface area contributed by atoms with Crippen LogP contribution in [0.5, 0.6) is 11.5 Å². The number of hydrogen-bond acceptors (Lipinski definition) is 5. The molecule has 0 aliphatic carbocycles. The van der Waals surface area contributed by atoms with Gasteiger partial charge in [0.2, 0.25) is 5.91 Å². The maximum absolute atomic E-state index is 12.3. The van der Waals surface area contributed by atoms with Gasteiger partial charge in [-0.25, -0.2) is 4.79 Å². The van der Waals surface area contributed by atoms with Crippen molar-refractivity contribution >= 4 is 17.8 Å². The second-order valence-electron chi connectivity index (χ2n) is 5.03. The summed E-state index contributed by atoms with van der Waals surface area (Å²) in [6.07, 6.45) is -6.49. The molecular formula is C15H17F3N2O6. The van der Waals surface area contributed by atoms with Crippen molar-refractivity contribution in [2.24, 2.45) is 0 Å². The van der Waals surface area contributed by atoms with Gasteiger partial charge >= 0.3 is 12.1 Å². The van der Waals surface area contributed by atoms with Crippen molar-refractivity contribution in [1.29, 1.82) is 0 Å². The van der Waals surface area contributed by atoms with Gasteiger partial charge in [-0.2, -0.15) is 13.2 Å². The van der Waals surface area contributed by atoms with Crippen LogP contribution in [-0.2, 0) is 9.59 Å². The molecule has 0 aliphatic heterocycles. The third kappa shape index (κ3) is 6.49. The van der Waals surface area contributed by atoms with E-state index in [9.17, 15) is 27.6 Å². The van der Waals surface area contributed by atoms with E-state index in [1.54, 1.807) is 5.32 Å². The third-order valence-corrected chi connectivity index (χ3v) is 3.12. The molecule has 0 aliphatic rings. The lowest BCUT2D eigenvalue weighted by molar-refractivity contribution is -0.159. The predicted octanol–water partition coefficient (Wildman–Crippen LogP) is 0.955. The van der Waals surface area contributed by atoms with Crippen LogP contribution in [0.4, 0.5) is 13.2 Å².